The molecule has 1 aromatic rings. The van der Waals surface area contributed by atoms with Crippen LogP contribution in [0.15, 0.2) is 16.5 Å². The van der Waals surface area contributed by atoms with Gasteiger partial charge < -0.3 is 15.5 Å². The monoisotopic (exact) mass is 182 g/mol. The summed E-state index contributed by atoms with van der Waals surface area (Å²) in [5.41, 5.74) is 5.33. The standard InChI is InChI=1S/C9H14N2O2/c1-6(2)5-11-9(12)7-3-4-8(10)13-7/h3-4,6H,5,10H2,1-2H3,(H,11,12). The van der Waals surface area contributed by atoms with Gasteiger partial charge in [-0.15, -0.1) is 0 Å². The highest BCUT2D eigenvalue weighted by atomic mass is 16.4. The summed E-state index contributed by atoms with van der Waals surface area (Å²) in [6.07, 6.45) is 0. The third-order valence-corrected chi connectivity index (χ3v) is 1.52. The van der Waals surface area contributed by atoms with E-state index in [0.717, 1.165) is 0 Å². The van der Waals surface area contributed by atoms with Crippen molar-refractivity contribution < 1.29 is 9.21 Å². The molecule has 0 spiro atoms. The smallest absolute Gasteiger partial charge is 0.287 e. The number of nitrogens with two attached hydrogens (primary N) is 1. The molecule has 0 atom stereocenters. The topological polar surface area (TPSA) is 68.3 Å². The van der Waals surface area contributed by atoms with Gasteiger partial charge in [-0.25, -0.2) is 0 Å². The Morgan fingerprint density at radius 2 is 2.31 bits per heavy atom. The summed E-state index contributed by atoms with van der Waals surface area (Å²) in [6, 6.07) is 3.12. The zero-order chi connectivity index (χ0) is 9.84. The molecule has 0 aliphatic rings. The molecule has 0 aliphatic heterocycles. The Morgan fingerprint density at radius 3 is 2.77 bits per heavy atom. The van der Waals surface area contributed by atoms with Gasteiger partial charge in [0.05, 0.1) is 0 Å². The molecule has 0 radical (unpaired) electrons. The summed E-state index contributed by atoms with van der Waals surface area (Å²) < 4.78 is 4.94. The normalized spacial score (nSPS) is 10.4. The van der Waals surface area contributed by atoms with Crippen LogP contribution in [0.1, 0.15) is 24.4 Å². The first-order chi connectivity index (χ1) is 6.09. The van der Waals surface area contributed by atoms with Crippen molar-refractivity contribution in [1.29, 1.82) is 0 Å². The highest BCUT2D eigenvalue weighted by Crippen LogP contribution is 2.08. The molecule has 0 aliphatic carbocycles. The molecule has 0 bridgehead atoms. The predicted octanol–water partition coefficient (Wildman–Crippen LogP) is 1.25. The first-order valence-corrected chi connectivity index (χ1v) is 4.23. The number of carbonyl (C=O) groups excluding carboxylic acids is 1. The van der Waals surface area contributed by atoms with Crippen LogP contribution in [0.3, 0.4) is 0 Å². The summed E-state index contributed by atoms with van der Waals surface area (Å²) in [7, 11) is 0. The first kappa shape index (κ1) is 9.64. The number of rotatable bonds is 3. The van der Waals surface area contributed by atoms with Crippen LogP contribution in [-0.2, 0) is 0 Å². The average molecular weight is 182 g/mol. The molecule has 0 saturated heterocycles. The predicted molar refractivity (Wildman–Crippen MR) is 50.3 cm³/mol. The van der Waals surface area contributed by atoms with E-state index in [1.807, 2.05) is 13.8 Å². The number of nitrogens with one attached hydrogen (secondary N) is 1. The molecular weight excluding hydrogens is 168 g/mol. The van der Waals surface area contributed by atoms with E-state index in [0.29, 0.717) is 12.5 Å². The number of furan rings is 1. The Morgan fingerprint density at radius 1 is 1.62 bits per heavy atom. The highest BCUT2D eigenvalue weighted by molar-refractivity contribution is 5.91. The maximum absolute atomic E-state index is 11.3. The van der Waals surface area contributed by atoms with E-state index in [1.165, 1.54) is 0 Å². The fourth-order valence-electron chi connectivity index (χ4n) is 0.859. The van der Waals surface area contributed by atoms with Crippen molar-refractivity contribution in [2.45, 2.75) is 13.8 Å². The van der Waals surface area contributed by atoms with Crippen molar-refractivity contribution in [3.8, 4) is 0 Å². The van der Waals surface area contributed by atoms with E-state index < -0.39 is 0 Å². The highest BCUT2D eigenvalue weighted by Gasteiger charge is 2.09. The molecule has 3 N–H and O–H groups in total. The quantitative estimate of drug-likeness (QED) is 0.739. The molecular formula is C9H14N2O2. The molecule has 1 heterocycles. The lowest BCUT2D eigenvalue weighted by Gasteiger charge is -2.04. The fraction of sp³-hybridized carbons (Fsp3) is 0.444. The Kier molecular flexibility index (Phi) is 2.95. The second-order valence-electron chi connectivity index (χ2n) is 3.31. The van der Waals surface area contributed by atoms with E-state index in [2.05, 4.69) is 5.32 Å². The zero-order valence-corrected chi connectivity index (χ0v) is 7.83. The van der Waals surface area contributed by atoms with E-state index in [4.69, 9.17) is 10.2 Å². The molecule has 0 unspecified atom stereocenters. The van der Waals surface area contributed by atoms with E-state index in [-0.39, 0.29) is 17.6 Å². The van der Waals surface area contributed by atoms with Crippen LogP contribution in [0, 0.1) is 5.92 Å². The largest absolute Gasteiger partial charge is 0.436 e. The number of amides is 1. The minimum absolute atomic E-state index is 0.217. The van der Waals surface area contributed by atoms with Crippen molar-refractivity contribution in [1.82, 2.24) is 5.32 Å². The lowest BCUT2D eigenvalue weighted by Crippen LogP contribution is -2.26. The van der Waals surface area contributed by atoms with Gasteiger partial charge in [-0.1, -0.05) is 13.8 Å². The molecule has 0 aromatic carbocycles. The van der Waals surface area contributed by atoms with Crippen molar-refractivity contribution in [2.24, 2.45) is 5.92 Å². The van der Waals surface area contributed by atoms with Crippen LogP contribution in [-0.4, -0.2) is 12.5 Å². The Labute approximate surface area is 77.1 Å². The Hall–Kier alpha value is -1.45. The average Bonchev–Trinajstić information content (AvgIpc) is 2.47. The third-order valence-electron chi connectivity index (χ3n) is 1.52. The number of hydrogen-bond donors (Lipinski definition) is 2. The molecule has 0 saturated carbocycles. The van der Waals surface area contributed by atoms with Crippen LogP contribution in [0.4, 0.5) is 5.88 Å². The van der Waals surface area contributed by atoms with E-state index in [1.54, 1.807) is 12.1 Å². The van der Waals surface area contributed by atoms with Crippen molar-refractivity contribution >= 4 is 11.8 Å². The Bertz CT molecular complexity index is 292. The maximum atomic E-state index is 11.3. The molecule has 4 nitrogen and oxygen atoms in total. The SMILES string of the molecule is CC(C)CNC(=O)c1ccc(N)o1. The summed E-state index contributed by atoms with van der Waals surface area (Å²) in [4.78, 5) is 11.3. The molecule has 72 valence electrons. The van der Waals surface area contributed by atoms with Crippen molar-refractivity contribution in [3.63, 3.8) is 0 Å². The second kappa shape index (κ2) is 3.98. The third kappa shape index (κ3) is 2.82. The summed E-state index contributed by atoms with van der Waals surface area (Å²) in [5.74, 6) is 0.731. The lowest BCUT2D eigenvalue weighted by atomic mass is 10.2. The molecule has 1 aromatic heterocycles. The fourth-order valence-corrected chi connectivity index (χ4v) is 0.859. The van der Waals surface area contributed by atoms with E-state index in [9.17, 15) is 4.79 Å². The summed E-state index contributed by atoms with van der Waals surface area (Å²) in [6.45, 7) is 4.69. The van der Waals surface area contributed by atoms with Crippen molar-refractivity contribution in [3.05, 3.63) is 17.9 Å². The lowest BCUT2D eigenvalue weighted by molar-refractivity contribution is 0.0922. The zero-order valence-electron chi connectivity index (χ0n) is 7.83. The number of anilines is 1. The second-order valence-corrected chi connectivity index (χ2v) is 3.31. The van der Waals surface area contributed by atoms with Gasteiger partial charge in [0.15, 0.2) is 11.6 Å². The van der Waals surface area contributed by atoms with Gasteiger partial charge in [0.1, 0.15) is 0 Å². The van der Waals surface area contributed by atoms with Crippen LogP contribution < -0.4 is 11.1 Å². The van der Waals surface area contributed by atoms with Gasteiger partial charge in [-0.05, 0) is 12.0 Å². The van der Waals surface area contributed by atoms with Gasteiger partial charge in [-0.3, -0.25) is 4.79 Å². The minimum atomic E-state index is -0.217. The van der Waals surface area contributed by atoms with Gasteiger partial charge in [0, 0.05) is 12.6 Å². The number of carbonyl (C=O) groups is 1. The summed E-state index contributed by atoms with van der Waals surface area (Å²) >= 11 is 0. The van der Waals surface area contributed by atoms with Gasteiger partial charge in [-0.2, -0.15) is 0 Å². The van der Waals surface area contributed by atoms with Gasteiger partial charge >= 0.3 is 0 Å². The Balaban J connectivity index is 2.49. The maximum Gasteiger partial charge on any atom is 0.287 e. The van der Waals surface area contributed by atoms with Crippen molar-refractivity contribution in [2.75, 3.05) is 12.3 Å². The summed E-state index contributed by atoms with van der Waals surface area (Å²) in [5, 5.41) is 2.72. The number of nitrogen functional groups attached to an aromatic ring is 1. The minimum Gasteiger partial charge on any atom is -0.436 e. The molecule has 1 rings (SSSR count). The number of hydrogen-bond acceptors (Lipinski definition) is 3. The first-order valence-electron chi connectivity index (χ1n) is 4.23. The molecule has 4 heteroatoms. The molecule has 0 fully saturated rings. The van der Waals surface area contributed by atoms with Crippen LogP contribution in [0.25, 0.3) is 0 Å². The van der Waals surface area contributed by atoms with E-state index >= 15 is 0 Å². The molecule has 13 heavy (non-hydrogen) atoms. The van der Waals surface area contributed by atoms with Crippen LogP contribution >= 0.6 is 0 Å². The van der Waals surface area contributed by atoms with Gasteiger partial charge in [0.25, 0.3) is 5.91 Å². The molecule has 1 amide bonds. The van der Waals surface area contributed by atoms with Crippen LogP contribution in [0.5, 0.6) is 0 Å². The van der Waals surface area contributed by atoms with Crippen LogP contribution in [0.2, 0.25) is 0 Å². The van der Waals surface area contributed by atoms with Gasteiger partial charge in [0.2, 0.25) is 0 Å².